The second-order valence-electron chi connectivity index (χ2n) is 4.62. The van der Waals surface area contributed by atoms with Crippen molar-refractivity contribution < 1.29 is 0 Å². The van der Waals surface area contributed by atoms with Crippen molar-refractivity contribution in [2.45, 2.75) is 25.8 Å². The summed E-state index contributed by atoms with van der Waals surface area (Å²) in [5.41, 5.74) is 9.70. The molecule has 2 N–H and O–H groups in total. The smallest absolute Gasteiger partial charge is 0.0637 e. The van der Waals surface area contributed by atoms with Crippen LogP contribution in [0.25, 0.3) is 0 Å². The van der Waals surface area contributed by atoms with Crippen molar-refractivity contribution >= 4 is 0 Å². The van der Waals surface area contributed by atoms with Gasteiger partial charge in [0.15, 0.2) is 0 Å². The monoisotopic (exact) mass is 225 g/mol. The van der Waals surface area contributed by atoms with Crippen LogP contribution in [-0.4, -0.2) is 0 Å². The van der Waals surface area contributed by atoms with Gasteiger partial charge in [0, 0.05) is 0 Å². The molecule has 88 valence electrons. The van der Waals surface area contributed by atoms with E-state index in [1.807, 2.05) is 18.2 Å². The lowest BCUT2D eigenvalue weighted by molar-refractivity contribution is 0.602. The fourth-order valence-corrected chi connectivity index (χ4v) is 2.07. The Balaban J connectivity index is 2.44. The molecule has 0 aliphatic heterocycles. The Morgan fingerprint density at radius 2 is 1.59 bits per heavy atom. The lowest BCUT2D eigenvalue weighted by Gasteiger charge is -2.26. The van der Waals surface area contributed by atoms with Crippen LogP contribution in [0.4, 0.5) is 0 Å². The molecule has 0 spiro atoms. The quantitative estimate of drug-likeness (QED) is 0.850. The van der Waals surface area contributed by atoms with Crippen molar-refractivity contribution in [2.24, 2.45) is 5.73 Å². The van der Waals surface area contributed by atoms with Crippen LogP contribution >= 0.6 is 0 Å². The number of hydrogen-bond acceptors (Lipinski definition) is 1. The summed E-state index contributed by atoms with van der Waals surface area (Å²) < 4.78 is 0. The van der Waals surface area contributed by atoms with Crippen LogP contribution in [-0.2, 0) is 12.0 Å². The van der Waals surface area contributed by atoms with E-state index < -0.39 is 5.54 Å². The number of rotatable bonds is 3. The highest BCUT2D eigenvalue weighted by Gasteiger charge is 2.23. The first-order chi connectivity index (χ1) is 8.14. The Kier molecular flexibility index (Phi) is 3.30. The zero-order valence-electron chi connectivity index (χ0n) is 10.5. The summed E-state index contributed by atoms with van der Waals surface area (Å²) in [7, 11) is 0. The van der Waals surface area contributed by atoms with E-state index in [2.05, 4.69) is 50.2 Å². The van der Waals surface area contributed by atoms with Crippen molar-refractivity contribution in [1.29, 1.82) is 0 Å². The maximum Gasteiger partial charge on any atom is 0.0637 e. The van der Waals surface area contributed by atoms with E-state index in [-0.39, 0.29) is 0 Å². The summed E-state index contributed by atoms with van der Waals surface area (Å²) in [5, 5.41) is 0. The molecule has 0 saturated heterocycles. The van der Waals surface area contributed by atoms with Crippen molar-refractivity contribution in [1.82, 2.24) is 0 Å². The molecule has 0 aromatic heterocycles. The van der Waals surface area contributed by atoms with Crippen LogP contribution in [0, 0.1) is 0 Å². The molecule has 0 saturated carbocycles. The van der Waals surface area contributed by atoms with Crippen LogP contribution in [0.5, 0.6) is 0 Å². The van der Waals surface area contributed by atoms with Gasteiger partial charge in [-0.25, -0.2) is 0 Å². The molecule has 0 aliphatic rings. The third-order valence-electron chi connectivity index (χ3n) is 3.31. The molecule has 0 aliphatic carbocycles. The molecule has 1 atom stereocenters. The second kappa shape index (κ2) is 4.72. The molecule has 2 rings (SSSR count). The van der Waals surface area contributed by atoms with E-state index in [0.29, 0.717) is 0 Å². The van der Waals surface area contributed by atoms with Crippen LogP contribution in [0.3, 0.4) is 0 Å². The van der Waals surface area contributed by atoms with E-state index in [4.69, 9.17) is 5.73 Å². The fourth-order valence-electron chi connectivity index (χ4n) is 2.07. The summed E-state index contributed by atoms with van der Waals surface area (Å²) in [4.78, 5) is 0. The van der Waals surface area contributed by atoms with E-state index >= 15 is 0 Å². The third-order valence-corrected chi connectivity index (χ3v) is 3.31. The Morgan fingerprint density at radius 3 is 2.24 bits per heavy atom. The minimum Gasteiger partial charge on any atom is -0.318 e. The van der Waals surface area contributed by atoms with Gasteiger partial charge in [0.1, 0.15) is 0 Å². The van der Waals surface area contributed by atoms with Gasteiger partial charge in [-0.05, 0) is 30.0 Å². The molecule has 1 heteroatoms. The van der Waals surface area contributed by atoms with Gasteiger partial charge in [-0.15, -0.1) is 0 Å². The van der Waals surface area contributed by atoms with Gasteiger partial charge in [0.05, 0.1) is 5.54 Å². The second-order valence-corrected chi connectivity index (χ2v) is 4.62. The molecule has 2 aromatic rings. The highest BCUT2D eigenvalue weighted by atomic mass is 14.7. The molecule has 0 amide bonds. The molecule has 17 heavy (non-hydrogen) atoms. The topological polar surface area (TPSA) is 26.0 Å². The van der Waals surface area contributed by atoms with E-state index in [1.54, 1.807) is 0 Å². The average Bonchev–Trinajstić information content (AvgIpc) is 2.40. The summed E-state index contributed by atoms with van der Waals surface area (Å²) in [6.07, 6.45) is 1.04. The van der Waals surface area contributed by atoms with E-state index in [0.717, 1.165) is 12.0 Å². The molecule has 0 bridgehead atoms. The molecular formula is C16H19N. The zero-order valence-corrected chi connectivity index (χ0v) is 10.5. The number of hydrogen-bond donors (Lipinski definition) is 1. The SMILES string of the molecule is CCc1cccc(C(C)(N)c2ccccc2)c1. The minimum absolute atomic E-state index is 0.424. The maximum atomic E-state index is 6.48. The first kappa shape index (κ1) is 11.9. The highest BCUT2D eigenvalue weighted by molar-refractivity contribution is 5.38. The van der Waals surface area contributed by atoms with Crippen molar-refractivity contribution in [3.63, 3.8) is 0 Å². The number of aryl methyl sites for hydroxylation is 1. The zero-order chi connectivity index (χ0) is 12.3. The van der Waals surface area contributed by atoms with Gasteiger partial charge in [-0.3, -0.25) is 0 Å². The summed E-state index contributed by atoms with van der Waals surface area (Å²) >= 11 is 0. The average molecular weight is 225 g/mol. The van der Waals surface area contributed by atoms with Gasteiger partial charge >= 0.3 is 0 Å². The highest BCUT2D eigenvalue weighted by Crippen LogP contribution is 2.26. The summed E-state index contributed by atoms with van der Waals surface area (Å²) in [6.45, 7) is 4.23. The van der Waals surface area contributed by atoms with Crippen LogP contribution in [0.15, 0.2) is 54.6 Å². The first-order valence-corrected chi connectivity index (χ1v) is 6.08. The van der Waals surface area contributed by atoms with Gasteiger partial charge < -0.3 is 5.73 Å². The normalized spacial score (nSPS) is 14.3. The standard InChI is InChI=1S/C16H19N/c1-3-13-8-7-11-15(12-13)16(2,17)14-9-5-4-6-10-14/h4-12H,3,17H2,1-2H3. The van der Waals surface area contributed by atoms with Crippen LogP contribution < -0.4 is 5.73 Å². The predicted octanol–water partition coefficient (Wildman–Crippen LogP) is 3.47. The molecule has 1 unspecified atom stereocenters. The number of benzene rings is 2. The summed E-state index contributed by atoms with van der Waals surface area (Å²) in [6, 6.07) is 18.8. The van der Waals surface area contributed by atoms with Gasteiger partial charge in [-0.1, -0.05) is 61.5 Å². The largest absolute Gasteiger partial charge is 0.318 e. The Bertz CT molecular complexity index is 486. The van der Waals surface area contributed by atoms with Crippen molar-refractivity contribution in [3.05, 3.63) is 71.3 Å². The minimum atomic E-state index is -0.424. The fraction of sp³-hybridized carbons (Fsp3) is 0.250. The van der Waals surface area contributed by atoms with Gasteiger partial charge in [0.2, 0.25) is 0 Å². The molecule has 0 fully saturated rings. The number of nitrogens with two attached hydrogens (primary N) is 1. The predicted molar refractivity (Wildman–Crippen MR) is 72.9 cm³/mol. The molecule has 2 aromatic carbocycles. The van der Waals surface area contributed by atoms with Gasteiger partial charge in [-0.2, -0.15) is 0 Å². The maximum absolute atomic E-state index is 6.48. The third kappa shape index (κ3) is 2.40. The van der Waals surface area contributed by atoms with Gasteiger partial charge in [0.25, 0.3) is 0 Å². The first-order valence-electron chi connectivity index (χ1n) is 6.08. The van der Waals surface area contributed by atoms with Crippen molar-refractivity contribution in [2.75, 3.05) is 0 Å². The summed E-state index contributed by atoms with van der Waals surface area (Å²) in [5.74, 6) is 0. The van der Waals surface area contributed by atoms with E-state index in [1.165, 1.54) is 11.1 Å². The van der Waals surface area contributed by atoms with Crippen molar-refractivity contribution in [3.8, 4) is 0 Å². The molecule has 0 heterocycles. The lowest BCUT2D eigenvalue weighted by Crippen LogP contribution is -2.34. The Labute approximate surface area is 103 Å². The van der Waals surface area contributed by atoms with Crippen LogP contribution in [0.1, 0.15) is 30.5 Å². The molecule has 0 radical (unpaired) electrons. The Morgan fingerprint density at radius 1 is 0.941 bits per heavy atom. The molecule has 1 nitrogen and oxygen atoms in total. The van der Waals surface area contributed by atoms with E-state index in [9.17, 15) is 0 Å². The van der Waals surface area contributed by atoms with Crippen LogP contribution in [0.2, 0.25) is 0 Å². The Hall–Kier alpha value is -1.60. The lowest BCUT2D eigenvalue weighted by atomic mass is 9.85. The molecular weight excluding hydrogens is 206 g/mol.